The number of carbonyl (C=O) groups is 2. The summed E-state index contributed by atoms with van der Waals surface area (Å²) in [4.78, 5) is 24.1. The molecule has 0 unspecified atom stereocenters. The standard InChI is InChI=1S/C11H19NO2S/c1-9(13)12-7-4-3-5-11(12)6-8-15-10(2)14/h11H,3-8H2,1-2H3/t11-/m1/s1. The van der Waals surface area contributed by atoms with Crippen LogP contribution in [0.2, 0.25) is 0 Å². The minimum atomic E-state index is 0.167. The van der Waals surface area contributed by atoms with Gasteiger partial charge in [-0.2, -0.15) is 0 Å². The predicted molar refractivity (Wildman–Crippen MR) is 62.8 cm³/mol. The first-order valence-corrected chi connectivity index (χ1v) is 6.50. The third-order valence-corrected chi connectivity index (χ3v) is 3.63. The van der Waals surface area contributed by atoms with E-state index in [0.717, 1.165) is 31.6 Å². The molecule has 1 amide bonds. The summed E-state index contributed by atoms with van der Waals surface area (Å²) >= 11 is 1.36. The van der Waals surface area contributed by atoms with Crippen molar-refractivity contribution in [2.45, 2.75) is 45.6 Å². The van der Waals surface area contributed by atoms with Gasteiger partial charge >= 0.3 is 0 Å². The van der Waals surface area contributed by atoms with Crippen LogP contribution in [0, 0.1) is 0 Å². The lowest BCUT2D eigenvalue weighted by Gasteiger charge is -2.35. The molecule has 0 saturated carbocycles. The Kier molecular flexibility index (Phi) is 5.15. The smallest absolute Gasteiger partial charge is 0.219 e. The summed E-state index contributed by atoms with van der Waals surface area (Å²) < 4.78 is 0. The Bertz CT molecular complexity index is 243. The van der Waals surface area contributed by atoms with Crippen LogP contribution in [0.4, 0.5) is 0 Å². The van der Waals surface area contributed by atoms with Gasteiger partial charge in [0.15, 0.2) is 5.12 Å². The van der Waals surface area contributed by atoms with Crippen molar-refractivity contribution >= 4 is 22.8 Å². The molecule has 0 N–H and O–H groups in total. The summed E-state index contributed by atoms with van der Waals surface area (Å²) in [5.74, 6) is 1.01. The molecule has 0 spiro atoms. The molecule has 15 heavy (non-hydrogen) atoms. The zero-order valence-corrected chi connectivity index (χ0v) is 10.3. The molecular formula is C11H19NO2S. The third-order valence-electron chi connectivity index (χ3n) is 2.79. The van der Waals surface area contributed by atoms with E-state index in [1.54, 1.807) is 13.8 Å². The average Bonchev–Trinajstić information content (AvgIpc) is 2.17. The summed E-state index contributed by atoms with van der Waals surface area (Å²) in [6, 6.07) is 0.364. The molecule has 1 rings (SSSR count). The average molecular weight is 229 g/mol. The van der Waals surface area contributed by atoms with E-state index >= 15 is 0 Å². The Morgan fingerprint density at radius 3 is 2.67 bits per heavy atom. The summed E-state index contributed by atoms with van der Waals surface area (Å²) in [6.07, 6.45) is 4.37. The van der Waals surface area contributed by atoms with Crippen LogP contribution in [0.15, 0.2) is 0 Å². The molecule has 0 bridgehead atoms. The van der Waals surface area contributed by atoms with Gasteiger partial charge in [0.05, 0.1) is 0 Å². The van der Waals surface area contributed by atoms with Gasteiger partial charge in [-0.25, -0.2) is 0 Å². The Balaban J connectivity index is 2.36. The summed E-state index contributed by atoms with van der Waals surface area (Å²) in [5, 5.41) is 0.167. The van der Waals surface area contributed by atoms with Crippen LogP contribution in [0.25, 0.3) is 0 Å². The second-order valence-corrected chi connectivity index (χ2v) is 5.26. The number of amides is 1. The lowest BCUT2D eigenvalue weighted by atomic mass is 10.00. The van der Waals surface area contributed by atoms with E-state index in [0.29, 0.717) is 6.04 Å². The molecular weight excluding hydrogens is 210 g/mol. The fraction of sp³-hybridized carbons (Fsp3) is 0.818. The number of carbonyl (C=O) groups excluding carboxylic acids is 2. The largest absolute Gasteiger partial charge is 0.340 e. The molecule has 86 valence electrons. The van der Waals surface area contributed by atoms with Gasteiger partial charge in [0.1, 0.15) is 0 Å². The Labute approximate surface area is 95.6 Å². The van der Waals surface area contributed by atoms with Gasteiger partial charge in [-0.05, 0) is 25.7 Å². The van der Waals surface area contributed by atoms with Crippen LogP contribution >= 0.6 is 11.8 Å². The predicted octanol–water partition coefficient (Wildman–Crippen LogP) is 2.06. The van der Waals surface area contributed by atoms with E-state index in [1.807, 2.05) is 4.90 Å². The van der Waals surface area contributed by atoms with Crippen LogP contribution in [-0.2, 0) is 9.59 Å². The number of rotatable bonds is 3. The van der Waals surface area contributed by atoms with Crippen molar-refractivity contribution < 1.29 is 9.59 Å². The quantitative estimate of drug-likeness (QED) is 0.743. The second-order valence-electron chi connectivity index (χ2n) is 3.99. The van der Waals surface area contributed by atoms with Gasteiger partial charge in [0.25, 0.3) is 0 Å². The van der Waals surface area contributed by atoms with Crippen molar-refractivity contribution in [2.75, 3.05) is 12.3 Å². The van der Waals surface area contributed by atoms with E-state index in [-0.39, 0.29) is 11.0 Å². The number of piperidine rings is 1. The van der Waals surface area contributed by atoms with E-state index in [1.165, 1.54) is 18.2 Å². The topological polar surface area (TPSA) is 37.4 Å². The molecule has 1 saturated heterocycles. The van der Waals surface area contributed by atoms with Crippen molar-refractivity contribution in [3.05, 3.63) is 0 Å². The highest BCUT2D eigenvalue weighted by Crippen LogP contribution is 2.21. The van der Waals surface area contributed by atoms with Crippen LogP contribution in [-0.4, -0.2) is 34.3 Å². The highest BCUT2D eigenvalue weighted by molar-refractivity contribution is 8.13. The van der Waals surface area contributed by atoms with Crippen LogP contribution in [0.1, 0.15) is 39.5 Å². The summed E-state index contributed by atoms with van der Waals surface area (Å²) in [5.41, 5.74) is 0. The SMILES string of the molecule is CC(=O)SCC[C@H]1CCCCN1C(C)=O. The van der Waals surface area contributed by atoms with Gasteiger partial charge in [0.2, 0.25) is 5.91 Å². The summed E-state index contributed by atoms with van der Waals surface area (Å²) in [7, 11) is 0. The first-order valence-electron chi connectivity index (χ1n) is 5.52. The molecule has 1 aliphatic heterocycles. The van der Waals surface area contributed by atoms with Crippen molar-refractivity contribution in [3.8, 4) is 0 Å². The van der Waals surface area contributed by atoms with Gasteiger partial charge < -0.3 is 4.90 Å². The second kappa shape index (κ2) is 6.16. The van der Waals surface area contributed by atoms with Crippen LogP contribution < -0.4 is 0 Å². The Morgan fingerprint density at radius 1 is 1.33 bits per heavy atom. The molecule has 3 nitrogen and oxygen atoms in total. The molecule has 1 heterocycles. The third kappa shape index (κ3) is 4.24. The maximum absolute atomic E-state index is 11.4. The molecule has 0 aliphatic carbocycles. The van der Waals surface area contributed by atoms with Crippen LogP contribution in [0.3, 0.4) is 0 Å². The first-order chi connectivity index (χ1) is 7.11. The maximum atomic E-state index is 11.4. The number of hydrogen-bond acceptors (Lipinski definition) is 3. The molecule has 1 atom stereocenters. The minimum Gasteiger partial charge on any atom is -0.340 e. The van der Waals surface area contributed by atoms with E-state index in [9.17, 15) is 9.59 Å². The minimum absolute atomic E-state index is 0.167. The molecule has 0 radical (unpaired) electrons. The van der Waals surface area contributed by atoms with Crippen molar-refractivity contribution in [1.82, 2.24) is 4.90 Å². The molecule has 1 aliphatic rings. The lowest BCUT2D eigenvalue weighted by Crippen LogP contribution is -2.42. The lowest BCUT2D eigenvalue weighted by molar-refractivity contribution is -0.132. The zero-order chi connectivity index (χ0) is 11.3. The van der Waals surface area contributed by atoms with E-state index in [2.05, 4.69) is 0 Å². The van der Waals surface area contributed by atoms with Crippen molar-refractivity contribution in [2.24, 2.45) is 0 Å². The molecule has 0 aromatic carbocycles. The maximum Gasteiger partial charge on any atom is 0.219 e. The number of hydrogen-bond donors (Lipinski definition) is 0. The Hall–Kier alpha value is -0.510. The number of thioether (sulfide) groups is 1. The summed E-state index contributed by atoms with van der Waals surface area (Å²) in [6.45, 7) is 4.12. The monoisotopic (exact) mass is 229 g/mol. The fourth-order valence-electron chi connectivity index (χ4n) is 2.05. The van der Waals surface area contributed by atoms with Crippen molar-refractivity contribution in [1.29, 1.82) is 0 Å². The van der Waals surface area contributed by atoms with Crippen LogP contribution in [0.5, 0.6) is 0 Å². The molecule has 0 aromatic heterocycles. The number of nitrogens with zero attached hydrogens (tertiary/aromatic N) is 1. The zero-order valence-electron chi connectivity index (χ0n) is 9.49. The highest BCUT2D eigenvalue weighted by atomic mass is 32.2. The number of likely N-dealkylation sites (tertiary alicyclic amines) is 1. The molecule has 4 heteroatoms. The van der Waals surface area contributed by atoms with Crippen molar-refractivity contribution in [3.63, 3.8) is 0 Å². The normalized spacial score (nSPS) is 21.5. The Morgan fingerprint density at radius 2 is 2.07 bits per heavy atom. The van der Waals surface area contributed by atoms with Gasteiger partial charge in [-0.3, -0.25) is 9.59 Å². The first kappa shape index (κ1) is 12.6. The van der Waals surface area contributed by atoms with Gasteiger partial charge in [0, 0.05) is 32.2 Å². The fourth-order valence-corrected chi connectivity index (χ4v) is 2.73. The molecule has 0 aromatic rings. The van der Waals surface area contributed by atoms with Gasteiger partial charge in [-0.1, -0.05) is 11.8 Å². The highest BCUT2D eigenvalue weighted by Gasteiger charge is 2.23. The molecule has 1 fully saturated rings. The van der Waals surface area contributed by atoms with E-state index in [4.69, 9.17) is 0 Å². The van der Waals surface area contributed by atoms with E-state index < -0.39 is 0 Å². The van der Waals surface area contributed by atoms with Gasteiger partial charge in [-0.15, -0.1) is 0 Å².